The first-order valence-corrected chi connectivity index (χ1v) is 15.2. The van der Waals surface area contributed by atoms with Crippen LogP contribution in [0, 0.1) is 0 Å². The Morgan fingerprint density at radius 2 is 1.00 bits per heavy atom. The van der Waals surface area contributed by atoms with E-state index in [0.29, 0.717) is 44.6 Å². The predicted octanol–water partition coefficient (Wildman–Crippen LogP) is 7.72. The molecule has 0 amide bonds. The molecule has 6 rings (SSSR count). The lowest BCUT2D eigenvalue weighted by molar-refractivity contribution is -0.115. The van der Waals surface area contributed by atoms with Crippen LogP contribution in [-0.2, 0) is 19.0 Å². The number of methoxy groups -OCH3 is 2. The lowest BCUT2D eigenvalue weighted by Crippen LogP contribution is -2.44. The Balaban J connectivity index is 1.76. The summed E-state index contributed by atoms with van der Waals surface area (Å²) in [5.41, 5.74) is 2.75. The van der Waals surface area contributed by atoms with Crippen LogP contribution in [0.25, 0.3) is 11.3 Å². The van der Waals surface area contributed by atoms with Gasteiger partial charge in [0.25, 0.3) is 7.37 Å². The summed E-state index contributed by atoms with van der Waals surface area (Å²) in [5, 5.41) is -1.21. The number of hydrogen-bond acceptors (Lipinski definition) is 5. The second-order valence-electron chi connectivity index (χ2n) is 9.91. The first-order valence-electron chi connectivity index (χ1n) is 13.6. The molecule has 0 aliphatic carbocycles. The van der Waals surface area contributed by atoms with Gasteiger partial charge in [-0.2, -0.15) is 0 Å². The normalized spacial score (nSPS) is 17.8. The van der Waals surface area contributed by atoms with Gasteiger partial charge < -0.3 is 14.0 Å². The van der Waals surface area contributed by atoms with Crippen molar-refractivity contribution in [1.29, 1.82) is 0 Å². The highest BCUT2D eigenvalue weighted by Crippen LogP contribution is 2.72. The summed E-state index contributed by atoms with van der Waals surface area (Å²) in [4.78, 5) is 15.5. The Morgan fingerprint density at radius 3 is 1.45 bits per heavy atom. The summed E-state index contributed by atoms with van der Waals surface area (Å²) in [6, 6.07) is 42.2. The van der Waals surface area contributed by atoms with Crippen molar-refractivity contribution in [3.63, 3.8) is 0 Å². The highest BCUT2D eigenvalue weighted by molar-refractivity contribution is 7.70. The first kappa shape index (κ1) is 27.3. The van der Waals surface area contributed by atoms with E-state index in [1.165, 1.54) is 0 Å². The van der Waals surface area contributed by atoms with Crippen molar-refractivity contribution in [3.05, 3.63) is 162 Å². The largest absolute Gasteiger partial charge is 0.497 e. The van der Waals surface area contributed by atoms with Crippen LogP contribution in [0.1, 0.15) is 22.3 Å². The minimum absolute atomic E-state index is 0.252. The standard InChI is InChI=1S/C36H29O5P/c1-39-30-22-18-26(19-23-30)33-34(27-20-24-31(40-2)25-21-27)41-42(38,32-16-10-5-11-17-32)36(35(33)37,28-12-6-3-7-13-28)29-14-8-4-9-15-29/h3-25H,1-2H3. The molecule has 5 aromatic carbocycles. The van der Waals surface area contributed by atoms with Gasteiger partial charge in [-0.15, -0.1) is 0 Å². The molecule has 1 atom stereocenters. The summed E-state index contributed by atoms with van der Waals surface area (Å²) in [7, 11) is -0.896. The highest BCUT2D eigenvalue weighted by atomic mass is 31.2. The van der Waals surface area contributed by atoms with Crippen molar-refractivity contribution in [2.24, 2.45) is 0 Å². The second kappa shape index (κ2) is 11.2. The van der Waals surface area contributed by atoms with Gasteiger partial charge in [0.05, 0.1) is 19.8 Å². The zero-order chi connectivity index (χ0) is 29.2. The van der Waals surface area contributed by atoms with Gasteiger partial charge in [-0.05, 0) is 65.2 Å². The summed E-state index contributed by atoms with van der Waals surface area (Å²) in [5.74, 6) is 1.25. The molecule has 1 aliphatic heterocycles. The Bertz CT molecular complexity index is 1740. The SMILES string of the molecule is COc1ccc(C2=C(c3ccc(OC)cc3)C(=O)C(c3ccccc3)(c3ccccc3)P(=O)(c3ccccc3)O2)cc1. The van der Waals surface area contributed by atoms with Gasteiger partial charge >= 0.3 is 0 Å². The van der Waals surface area contributed by atoms with Crippen LogP contribution in [0.5, 0.6) is 11.5 Å². The molecule has 1 aliphatic rings. The van der Waals surface area contributed by atoms with Gasteiger partial charge in [-0.3, -0.25) is 9.36 Å². The molecule has 0 N–H and O–H groups in total. The first-order chi connectivity index (χ1) is 20.5. The molecule has 0 radical (unpaired) electrons. The number of Topliss-reactive ketones (excluding diaryl/α,β-unsaturated/α-hetero) is 1. The van der Waals surface area contributed by atoms with Crippen LogP contribution in [0.2, 0.25) is 0 Å². The lowest BCUT2D eigenvalue weighted by Gasteiger charge is -2.44. The third kappa shape index (κ3) is 4.34. The molecule has 0 saturated carbocycles. The smallest absolute Gasteiger partial charge is 0.299 e. The highest BCUT2D eigenvalue weighted by Gasteiger charge is 2.63. The van der Waals surface area contributed by atoms with E-state index in [4.69, 9.17) is 14.0 Å². The molecular formula is C36H29O5P. The number of rotatable bonds is 7. The monoisotopic (exact) mass is 572 g/mol. The van der Waals surface area contributed by atoms with Crippen molar-refractivity contribution in [1.82, 2.24) is 0 Å². The summed E-state index contributed by atoms with van der Waals surface area (Å²) in [6.07, 6.45) is 0. The van der Waals surface area contributed by atoms with Crippen molar-refractivity contribution in [3.8, 4) is 11.5 Å². The van der Waals surface area contributed by atoms with Crippen LogP contribution in [0.3, 0.4) is 0 Å². The summed E-state index contributed by atoms with van der Waals surface area (Å²) in [6.45, 7) is 0. The van der Waals surface area contributed by atoms with Gasteiger partial charge in [0.1, 0.15) is 17.3 Å². The average Bonchev–Trinajstić information content (AvgIpc) is 3.06. The Hall–Kier alpha value is -4.86. The number of carbonyl (C=O) groups is 1. The van der Waals surface area contributed by atoms with Crippen LogP contribution in [0.4, 0.5) is 0 Å². The number of ether oxygens (including phenoxy) is 2. The minimum Gasteiger partial charge on any atom is -0.497 e. The molecule has 0 fully saturated rings. The zero-order valence-electron chi connectivity index (χ0n) is 23.3. The Morgan fingerprint density at radius 1 is 0.571 bits per heavy atom. The molecule has 0 aromatic heterocycles. The van der Waals surface area contributed by atoms with E-state index < -0.39 is 12.5 Å². The minimum atomic E-state index is -4.08. The quantitative estimate of drug-likeness (QED) is 0.187. The average molecular weight is 573 g/mol. The second-order valence-corrected chi connectivity index (χ2v) is 12.4. The number of ketones is 1. The third-order valence-corrected chi connectivity index (χ3v) is 10.7. The van der Waals surface area contributed by atoms with Crippen LogP contribution >= 0.6 is 7.37 Å². The van der Waals surface area contributed by atoms with Crippen LogP contribution in [0.15, 0.2) is 140 Å². The van der Waals surface area contributed by atoms with E-state index in [1.54, 1.807) is 50.6 Å². The maximum absolute atomic E-state index is 16.0. The molecule has 0 bridgehead atoms. The van der Waals surface area contributed by atoms with Crippen molar-refractivity contribution < 1.29 is 23.4 Å². The molecule has 0 saturated heterocycles. The van der Waals surface area contributed by atoms with E-state index >= 15 is 9.36 Å². The molecule has 208 valence electrons. The molecule has 6 heteroatoms. The van der Waals surface area contributed by atoms with Gasteiger partial charge in [-0.1, -0.05) is 91.0 Å². The van der Waals surface area contributed by atoms with Crippen molar-refractivity contribution in [2.45, 2.75) is 5.16 Å². The number of benzene rings is 5. The Labute approximate surface area is 245 Å². The van der Waals surface area contributed by atoms with Gasteiger partial charge in [0, 0.05) is 10.9 Å². The van der Waals surface area contributed by atoms with Gasteiger partial charge in [0.15, 0.2) is 10.9 Å². The van der Waals surface area contributed by atoms with Crippen molar-refractivity contribution >= 4 is 29.8 Å². The molecule has 0 spiro atoms. The topological polar surface area (TPSA) is 61.8 Å². The molecule has 42 heavy (non-hydrogen) atoms. The fourth-order valence-corrected chi connectivity index (χ4v) is 8.62. The van der Waals surface area contributed by atoms with E-state index in [9.17, 15) is 0 Å². The summed E-state index contributed by atoms with van der Waals surface area (Å²) >= 11 is 0. The number of allylic oxidation sites excluding steroid dienone is 1. The predicted molar refractivity (Wildman–Crippen MR) is 166 cm³/mol. The third-order valence-electron chi connectivity index (χ3n) is 7.65. The zero-order valence-corrected chi connectivity index (χ0v) is 24.2. The molecule has 1 unspecified atom stereocenters. The van der Waals surface area contributed by atoms with E-state index in [0.717, 1.165) is 0 Å². The van der Waals surface area contributed by atoms with E-state index in [2.05, 4.69) is 0 Å². The van der Waals surface area contributed by atoms with E-state index in [1.807, 2.05) is 103 Å². The van der Waals surface area contributed by atoms with Crippen molar-refractivity contribution in [2.75, 3.05) is 14.2 Å². The molecule has 5 nitrogen and oxygen atoms in total. The maximum Gasteiger partial charge on any atom is 0.299 e. The van der Waals surface area contributed by atoms with Crippen LogP contribution < -0.4 is 14.8 Å². The Kier molecular flexibility index (Phi) is 7.28. The molecule has 1 heterocycles. The lowest BCUT2D eigenvalue weighted by atomic mass is 9.80. The molecular weight excluding hydrogens is 543 g/mol. The fourth-order valence-electron chi connectivity index (χ4n) is 5.62. The number of hydrogen-bond donors (Lipinski definition) is 0. The van der Waals surface area contributed by atoms with E-state index in [-0.39, 0.29) is 11.5 Å². The van der Waals surface area contributed by atoms with Crippen LogP contribution in [-0.4, -0.2) is 20.0 Å². The number of carbonyl (C=O) groups excluding carboxylic acids is 1. The molecule has 5 aromatic rings. The summed E-state index contributed by atoms with van der Waals surface area (Å²) < 4.78 is 33.6. The van der Waals surface area contributed by atoms with Gasteiger partial charge in [-0.25, -0.2) is 0 Å². The fraction of sp³-hybridized carbons (Fsp3) is 0.0833. The maximum atomic E-state index is 16.0. The van der Waals surface area contributed by atoms with Gasteiger partial charge in [0.2, 0.25) is 0 Å².